The summed E-state index contributed by atoms with van der Waals surface area (Å²) in [6, 6.07) is 15.9. The van der Waals surface area contributed by atoms with Crippen LogP contribution in [0.5, 0.6) is 0 Å². The van der Waals surface area contributed by atoms with Gasteiger partial charge in [-0.3, -0.25) is 19.2 Å². The summed E-state index contributed by atoms with van der Waals surface area (Å²) in [6.07, 6.45) is -1.44. The highest BCUT2D eigenvalue weighted by molar-refractivity contribution is 5.90. The lowest BCUT2D eigenvalue weighted by Gasteiger charge is -2.27. The number of benzene rings is 2. The number of aliphatic hydroxyl groups is 1. The lowest BCUT2D eigenvalue weighted by Crippen LogP contribution is -2.53. The monoisotopic (exact) mass is 681 g/mol. The first kappa shape index (κ1) is 40.7. The van der Waals surface area contributed by atoms with E-state index in [1.165, 1.54) is 0 Å². The van der Waals surface area contributed by atoms with Crippen LogP contribution in [0.3, 0.4) is 0 Å². The van der Waals surface area contributed by atoms with Crippen molar-refractivity contribution in [3.63, 3.8) is 0 Å². The summed E-state index contributed by atoms with van der Waals surface area (Å²) in [6.45, 7) is 12.8. The van der Waals surface area contributed by atoms with Crippen molar-refractivity contribution in [3.8, 4) is 0 Å². The number of carbonyl (C=O) groups excluding carboxylic acids is 5. The molecule has 49 heavy (non-hydrogen) atoms. The normalized spacial score (nSPS) is 13.8. The first-order valence-corrected chi connectivity index (χ1v) is 16.9. The Hall–Kier alpha value is -4.45. The average molecular weight is 682 g/mol. The Morgan fingerprint density at radius 1 is 0.694 bits per heavy atom. The zero-order valence-electron chi connectivity index (χ0n) is 29.9. The highest BCUT2D eigenvalue weighted by Gasteiger charge is 2.29. The minimum Gasteiger partial charge on any atom is -0.444 e. The molecule has 2 rings (SSSR count). The third-order valence-corrected chi connectivity index (χ3v) is 7.31. The van der Waals surface area contributed by atoms with Gasteiger partial charge in [-0.05, 0) is 56.6 Å². The minimum atomic E-state index is -1.26. The second-order valence-electron chi connectivity index (χ2n) is 14.1. The fourth-order valence-corrected chi connectivity index (χ4v) is 5.07. The topological polar surface area (TPSA) is 175 Å². The van der Waals surface area contributed by atoms with E-state index in [2.05, 4.69) is 26.6 Å². The molecule has 0 aliphatic heterocycles. The molecule has 0 bridgehead atoms. The van der Waals surface area contributed by atoms with Crippen molar-refractivity contribution in [1.29, 1.82) is 0 Å². The van der Waals surface area contributed by atoms with Gasteiger partial charge >= 0.3 is 6.09 Å². The molecular formula is C37H55N5O7. The van der Waals surface area contributed by atoms with E-state index in [-0.39, 0.29) is 30.6 Å². The van der Waals surface area contributed by atoms with Gasteiger partial charge in [-0.25, -0.2) is 4.79 Å². The van der Waals surface area contributed by atoms with Crippen molar-refractivity contribution in [2.75, 3.05) is 6.54 Å². The Bertz CT molecular complexity index is 1350. The van der Waals surface area contributed by atoms with Gasteiger partial charge in [0.2, 0.25) is 23.6 Å². The predicted molar refractivity (Wildman–Crippen MR) is 188 cm³/mol. The van der Waals surface area contributed by atoms with Crippen molar-refractivity contribution in [2.45, 2.75) is 111 Å². The summed E-state index contributed by atoms with van der Waals surface area (Å²) < 4.78 is 5.32. The molecule has 0 aliphatic rings. The minimum absolute atomic E-state index is 0.0586. The summed E-state index contributed by atoms with van der Waals surface area (Å²) in [5.74, 6) is -1.84. The van der Waals surface area contributed by atoms with Crippen molar-refractivity contribution in [3.05, 3.63) is 71.8 Å². The maximum absolute atomic E-state index is 13.2. The molecule has 12 heteroatoms. The molecule has 0 spiro atoms. The zero-order valence-corrected chi connectivity index (χ0v) is 29.9. The number of aliphatic hydroxyl groups excluding tert-OH is 1. The molecule has 0 aliphatic carbocycles. The number of rotatable bonds is 18. The standard InChI is InChI=1S/C37H55N5O7/c1-24(2)18-28(31(43)21-32(44)41-29(19-25(3)4)34(46)38-22-27-16-12-9-13-17-27)40-33(45)23-39-35(47)30(20-26-14-10-8-11-15-26)42-36(48)49-37(5,6)7/h8-17,24-25,28-31,43H,18-23H2,1-7H3,(H,38,46)(H,39,47)(H,40,45)(H,41,44)(H,42,48)/t28-,29-,30-,31?/m0/s1. The summed E-state index contributed by atoms with van der Waals surface area (Å²) in [5.41, 5.74) is 0.951. The van der Waals surface area contributed by atoms with Crippen LogP contribution in [0.15, 0.2) is 60.7 Å². The van der Waals surface area contributed by atoms with Crippen molar-refractivity contribution < 1.29 is 33.8 Å². The van der Waals surface area contributed by atoms with Gasteiger partial charge in [0.25, 0.3) is 0 Å². The maximum Gasteiger partial charge on any atom is 0.408 e. The molecule has 0 aromatic heterocycles. The summed E-state index contributed by atoms with van der Waals surface area (Å²) in [5, 5.41) is 24.6. The van der Waals surface area contributed by atoms with E-state index in [0.29, 0.717) is 19.4 Å². The second kappa shape index (κ2) is 20.2. The molecule has 1 unspecified atom stereocenters. The summed E-state index contributed by atoms with van der Waals surface area (Å²) in [4.78, 5) is 64.7. The number of hydrogen-bond acceptors (Lipinski definition) is 7. The Labute approximate surface area is 290 Å². The van der Waals surface area contributed by atoms with Crippen molar-refractivity contribution >= 4 is 29.7 Å². The fourth-order valence-electron chi connectivity index (χ4n) is 5.07. The van der Waals surface area contributed by atoms with Crippen LogP contribution in [0.1, 0.15) is 78.9 Å². The summed E-state index contributed by atoms with van der Waals surface area (Å²) >= 11 is 0. The van der Waals surface area contributed by atoms with Gasteiger partial charge in [0.1, 0.15) is 17.7 Å². The van der Waals surface area contributed by atoms with Gasteiger partial charge in [-0.2, -0.15) is 0 Å². The van der Waals surface area contributed by atoms with Crippen LogP contribution in [0.4, 0.5) is 4.79 Å². The third kappa shape index (κ3) is 17.0. The molecular weight excluding hydrogens is 626 g/mol. The van der Waals surface area contributed by atoms with E-state index in [4.69, 9.17) is 4.74 Å². The smallest absolute Gasteiger partial charge is 0.408 e. The molecule has 2 aromatic carbocycles. The molecule has 270 valence electrons. The fraction of sp³-hybridized carbons (Fsp3) is 0.541. The van der Waals surface area contributed by atoms with Gasteiger partial charge in [-0.1, -0.05) is 88.4 Å². The zero-order chi connectivity index (χ0) is 36.6. The van der Waals surface area contributed by atoms with E-state index in [0.717, 1.165) is 11.1 Å². The molecule has 0 saturated carbocycles. The Balaban J connectivity index is 2.01. The number of carbonyl (C=O) groups is 5. The Morgan fingerprint density at radius 3 is 1.80 bits per heavy atom. The third-order valence-electron chi connectivity index (χ3n) is 7.31. The molecule has 5 amide bonds. The van der Waals surface area contributed by atoms with Gasteiger partial charge in [0.05, 0.1) is 25.1 Å². The van der Waals surface area contributed by atoms with E-state index >= 15 is 0 Å². The largest absolute Gasteiger partial charge is 0.444 e. The second-order valence-corrected chi connectivity index (χ2v) is 14.1. The molecule has 4 atom stereocenters. The van der Waals surface area contributed by atoms with Gasteiger partial charge < -0.3 is 36.4 Å². The van der Waals surface area contributed by atoms with E-state index in [9.17, 15) is 29.1 Å². The van der Waals surface area contributed by atoms with Gasteiger partial charge in [0, 0.05) is 13.0 Å². The highest BCUT2D eigenvalue weighted by atomic mass is 16.6. The van der Waals surface area contributed by atoms with Crippen LogP contribution < -0.4 is 26.6 Å². The van der Waals surface area contributed by atoms with E-state index in [1.807, 2.05) is 88.4 Å². The first-order chi connectivity index (χ1) is 23.0. The Morgan fingerprint density at radius 2 is 1.24 bits per heavy atom. The molecule has 0 heterocycles. The van der Waals surface area contributed by atoms with Crippen molar-refractivity contribution in [2.24, 2.45) is 11.8 Å². The summed E-state index contributed by atoms with van der Waals surface area (Å²) in [7, 11) is 0. The van der Waals surface area contributed by atoms with Crippen LogP contribution in [0.25, 0.3) is 0 Å². The maximum atomic E-state index is 13.2. The van der Waals surface area contributed by atoms with Crippen LogP contribution in [0, 0.1) is 11.8 Å². The number of hydrogen-bond donors (Lipinski definition) is 6. The molecule has 0 fully saturated rings. The molecule has 6 N–H and O–H groups in total. The van der Waals surface area contributed by atoms with Crippen molar-refractivity contribution in [1.82, 2.24) is 26.6 Å². The molecule has 0 saturated heterocycles. The van der Waals surface area contributed by atoms with Crippen LogP contribution in [0.2, 0.25) is 0 Å². The predicted octanol–water partition coefficient (Wildman–Crippen LogP) is 3.37. The first-order valence-electron chi connectivity index (χ1n) is 16.9. The van der Waals surface area contributed by atoms with Gasteiger partial charge in [0.15, 0.2) is 0 Å². The number of nitrogens with one attached hydrogen (secondary N) is 5. The van der Waals surface area contributed by atoms with Gasteiger partial charge in [-0.15, -0.1) is 0 Å². The molecule has 2 aromatic rings. The highest BCUT2D eigenvalue weighted by Crippen LogP contribution is 2.13. The van der Waals surface area contributed by atoms with E-state index in [1.54, 1.807) is 20.8 Å². The lowest BCUT2D eigenvalue weighted by atomic mass is 9.96. The average Bonchev–Trinajstić information content (AvgIpc) is 3.01. The molecule has 0 radical (unpaired) electrons. The van der Waals surface area contributed by atoms with Crippen LogP contribution >= 0.6 is 0 Å². The van der Waals surface area contributed by atoms with Crippen LogP contribution in [-0.4, -0.2) is 71.2 Å². The number of ether oxygens (including phenoxy) is 1. The Kier molecular flexibility index (Phi) is 16.7. The lowest BCUT2D eigenvalue weighted by molar-refractivity contribution is -0.131. The quantitative estimate of drug-likeness (QED) is 0.140. The SMILES string of the molecule is CC(C)C[C@H](NC(=O)CC(O)[C@H](CC(C)C)NC(=O)CNC(=O)[C@H](Cc1ccccc1)NC(=O)OC(C)(C)C)C(=O)NCc1ccccc1. The molecule has 12 nitrogen and oxygen atoms in total. The number of amides is 5. The number of alkyl carbamates (subject to hydrolysis) is 1. The van der Waals surface area contributed by atoms with E-state index < -0.39 is 60.2 Å². The van der Waals surface area contributed by atoms with Crippen LogP contribution in [-0.2, 0) is 36.9 Å².